The molecule has 1 fully saturated rings. The van der Waals surface area contributed by atoms with Crippen LogP contribution in [0.15, 0.2) is 12.1 Å². The first-order valence-electron chi connectivity index (χ1n) is 5.04. The first-order valence-corrected chi connectivity index (χ1v) is 5.04. The van der Waals surface area contributed by atoms with Crippen LogP contribution in [0.4, 0.5) is 4.79 Å². The summed E-state index contributed by atoms with van der Waals surface area (Å²) < 4.78 is 9.79. The number of carbonyl (C=O) groups excluding carboxylic acids is 1. The van der Waals surface area contributed by atoms with Crippen molar-refractivity contribution in [3.63, 3.8) is 0 Å². The minimum Gasteiger partial charge on any atom is -0.496 e. The van der Waals surface area contributed by atoms with Gasteiger partial charge in [-0.3, -0.25) is 0 Å². The van der Waals surface area contributed by atoms with E-state index in [9.17, 15) is 9.90 Å². The molecule has 0 aliphatic carbocycles. The van der Waals surface area contributed by atoms with Crippen LogP contribution >= 0.6 is 0 Å². The maximum Gasteiger partial charge on any atom is 0.417 e. The molecule has 15 heavy (non-hydrogen) atoms. The van der Waals surface area contributed by atoms with Gasteiger partial charge >= 0.3 is 6.09 Å². The van der Waals surface area contributed by atoms with Crippen LogP contribution < -0.4 is 0 Å². The van der Waals surface area contributed by atoms with E-state index in [1.165, 1.54) is 11.2 Å². The van der Waals surface area contributed by atoms with Crippen molar-refractivity contribution in [2.24, 2.45) is 5.92 Å². The molecule has 1 amide bonds. The van der Waals surface area contributed by atoms with Crippen molar-refractivity contribution < 1.29 is 19.4 Å². The highest BCUT2D eigenvalue weighted by Crippen LogP contribution is 2.22. The molecular formula is C10H17NO4. The van der Waals surface area contributed by atoms with E-state index in [0.717, 1.165) is 0 Å². The van der Waals surface area contributed by atoms with Crippen LogP contribution in [0.25, 0.3) is 0 Å². The molecule has 1 rings (SSSR count). The van der Waals surface area contributed by atoms with Gasteiger partial charge in [-0.1, -0.05) is 13.8 Å². The van der Waals surface area contributed by atoms with Gasteiger partial charge in [0.25, 0.3) is 0 Å². The molecule has 1 saturated heterocycles. The molecule has 0 radical (unpaired) electrons. The fourth-order valence-corrected chi connectivity index (χ4v) is 1.40. The lowest BCUT2D eigenvalue weighted by atomic mass is 10.1. The maximum atomic E-state index is 11.3. The van der Waals surface area contributed by atoms with Crippen LogP contribution in [0, 0.1) is 5.92 Å². The number of aliphatic hydroxyl groups is 1. The summed E-state index contributed by atoms with van der Waals surface area (Å²) in [5.41, 5.74) is 0. The van der Waals surface area contributed by atoms with Gasteiger partial charge in [0.2, 0.25) is 5.88 Å². The number of carbonyl (C=O) groups is 1. The number of nitrogens with zero attached hydrogens (tertiary/aromatic N) is 1. The van der Waals surface area contributed by atoms with Gasteiger partial charge in [-0.05, 0) is 12.8 Å². The first kappa shape index (κ1) is 11.7. The highest BCUT2D eigenvalue weighted by atomic mass is 16.6. The minimum atomic E-state index is -0.526. The summed E-state index contributed by atoms with van der Waals surface area (Å²) in [4.78, 5) is 12.6. The molecule has 1 atom stereocenters. The second-order valence-corrected chi connectivity index (χ2v) is 3.69. The Morgan fingerprint density at radius 1 is 1.80 bits per heavy atom. The topological polar surface area (TPSA) is 59.0 Å². The van der Waals surface area contributed by atoms with E-state index >= 15 is 0 Å². The quantitative estimate of drug-likeness (QED) is 0.727. The Bertz CT molecular complexity index is 262. The lowest BCUT2D eigenvalue weighted by Gasteiger charge is -2.22. The van der Waals surface area contributed by atoms with Gasteiger partial charge in [-0.15, -0.1) is 0 Å². The van der Waals surface area contributed by atoms with E-state index in [1.54, 1.807) is 6.92 Å². The lowest BCUT2D eigenvalue weighted by molar-refractivity contribution is 0.135. The van der Waals surface area contributed by atoms with Gasteiger partial charge < -0.3 is 14.6 Å². The van der Waals surface area contributed by atoms with E-state index in [4.69, 9.17) is 9.47 Å². The van der Waals surface area contributed by atoms with Crippen molar-refractivity contribution in [1.29, 1.82) is 0 Å². The third-order valence-corrected chi connectivity index (χ3v) is 2.28. The van der Waals surface area contributed by atoms with Crippen molar-refractivity contribution in [1.82, 2.24) is 4.90 Å². The molecule has 0 aromatic rings. The Labute approximate surface area is 89.3 Å². The highest BCUT2D eigenvalue weighted by Gasteiger charge is 2.37. The maximum absolute atomic E-state index is 11.3. The second kappa shape index (κ2) is 4.91. The summed E-state index contributed by atoms with van der Waals surface area (Å²) in [5, 5.41) is 9.63. The summed E-state index contributed by atoms with van der Waals surface area (Å²) in [5.74, 6) is 0.0201. The molecule has 1 aliphatic rings. The van der Waals surface area contributed by atoms with E-state index in [2.05, 4.69) is 0 Å². The van der Waals surface area contributed by atoms with Crippen molar-refractivity contribution >= 4 is 6.09 Å². The summed E-state index contributed by atoms with van der Waals surface area (Å²) in [7, 11) is 0. The Kier molecular flexibility index (Phi) is 3.82. The molecule has 0 aromatic heterocycles. The van der Waals surface area contributed by atoms with Crippen molar-refractivity contribution in [2.45, 2.75) is 26.8 Å². The number of cyclic esters (lactones) is 1. The van der Waals surface area contributed by atoms with E-state index < -0.39 is 6.09 Å². The predicted octanol–water partition coefficient (Wildman–Crippen LogP) is 1.86. The average molecular weight is 215 g/mol. The number of hydrogen-bond donors (Lipinski definition) is 1. The molecule has 5 heteroatoms. The molecule has 0 spiro atoms. The van der Waals surface area contributed by atoms with Gasteiger partial charge in [0.1, 0.15) is 12.9 Å². The molecule has 1 heterocycles. The number of amides is 1. The van der Waals surface area contributed by atoms with Gasteiger partial charge in [-0.2, -0.15) is 0 Å². The van der Waals surface area contributed by atoms with Crippen molar-refractivity contribution in [3.05, 3.63) is 12.1 Å². The molecule has 1 aliphatic heterocycles. The summed E-state index contributed by atoms with van der Waals surface area (Å²) >= 11 is 0. The molecular weight excluding hydrogens is 198 g/mol. The van der Waals surface area contributed by atoms with Gasteiger partial charge in [-0.25, -0.2) is 9.69 Å². The lowest BCUT2D eigenvalue weighted by Crippen LogP contribution is -2.36. The van der Waals surface area contributed by atoms with Gasteiger partial charge in [0.05, 0.1) is 12.6 Å². The Morgan fingerprint density at radius 3 is 3.00 bits per heavy atom. The SMILES string of the molecule is CCO/C=C(\O)N1C(=O)OCC1C(C)C. The molecule has 0 bridgehead atoms. The third-order valence-electron chi connectivity index (χ3n) is 2.28. The summed E-state index contributed by atoms with van der Waals surface area (Å²) in [6.45, 7) is 6.48. The van der Waals surface area contributed by atoms with E-state index in [-0.39, 0.29) is 17.8 Å². The second-order valence-electron chi connectivity index (χ2n) is 3.69. The molecule has 0 saturated carbocycles. The summed E-state index contributed by atoms with van der Waals surface area (Å²) in [6, 6.07) is -0.130. The molecule has 86 valence electrons. The van der Waals surface area contributed by atoms with Crippen LogP contribution in [0.3, 0.4) is 0 Å². The Hall–Kier alpha value is -1.39. The summed E-state index contributed by atoms with van der Waals surface area (Å²) in [6.07, 6.45) is 0.643. The zero-order chi connectivity index (χ0) is 11.4. The molecule has 0 aromatic carbocycles. The number of hydrogen-bond acceptors (Lipinski definition) is 4. The van der Waals surface area contributed by atoms with E-state index in [0.29, 0.717) is 13.2 Å². The first-order chi connectivity index (χ1) is 7.07. The molecule has 5 nitrogen and oxygen atoms in total. The van der Waals surface area contributed by atoms with E-state index in [1.807, 2.05) is 13.8 Å². The standard InChI is InChI=1S/C10H17NO4/c1-4-14-6-9(12)11-8(7(2)3)5-15-10(11)13/h6-8,12H,4-5H2,1-3H3/b9-6-. The van der Waals surface area contributed by atoms with Gasteiger partial charge in [0.15, 0.2) is 0 Å². The molecule has 1 unspecified atom stereocenters. The normalized spacial score (nSPS) is 22.1. The molecule has 1 N–H and O–H groups in total. The third kappa shape index (κ3) is 2.55. The van der Waals surface area contributed by atoms with Gasteiger partial charge in [0, 0.05) is 0 Å². The largest absolute Gasteiger partial charge is 0.496 e. The van der Waals surface area contributed by atoms with Crippen LogP contribution in [0.1, 0.15) is 20.8 Å². The fraction of sp³-hybridized carbons (Fsp3) is 0.700. The minimum absolute atomic E-state index is 0.130. The van der Waals surface area contributed by atoms with Crippen molar-refractivity contribution in [2.75, 3.05) is 13.2 Å². The number of ether oxygens (including phenoxy) is 2. The number of aliphatic hydroxyl groups excluding tert-OH is 1. The Balaban J connectivity index is 2.75. The van der Waals surface area contributed by atoms with Crippen molar-refractivity contribution in [3.8, 4) is 0 Å². The highest BCUT2D eigenvalue weighted by molar-refractivity contribution is 5.71. The van der Waals surface area contributed by atoms with Crippen LogP contribution in [-0.2, 0) is 9.47 Å². The average Bonchev–Trinajstić information content (AvgIpc) is 2.56. The smallest absolute Gasteiger partial charge is 0.417 e. The fourth-order valence-electron chi connectivity index (χ4n) is 1.40. The zero-order valence-corrected chi connectivity index (χ0v) is 9.27. The van der Waals surface area contributed by atoms with Crippen LogP contribution in [0.2, 0.25) is 0 Å². The van der Waals surface area contributed by atoms with Crippen LogP contribution in [0.5, 0.6) is 0 Å². The predicted molar refractivity (Wildman–Crippen MR) is 54.2 cm³/mol. The monoisotopic (exact) mass is 215 g/mol. The number of rotatable bonds is 4. The Morgan fingerprint density at radius 2 is 2.47 bits per heavy atom. The zero-order valence-electron chi connectivity index (χ0n) is 9.27. The van der Waals surface area contributed by atoms with Crippen LogP contribution in [-0.4, -0.2) is 35.4 Å².